The van der Waals surface area contributed by atoms with Crippen LogP contribution in [0.4, 0.5) is 4.79 Å². The van der Waals surface area contributed by atoms with E-state index in [-0.39, 0.29) is 24.1 Å². The zero-order valence-corrected chi connectivity index (χ0v) is 27.2. The van der Waals surface area contributed by atoms with Crippen LogP contribution in [0.2, 0.25) is 0 Å². The molecule has 244 valence electrons. The predicted octanol–water partition coefficient (Wildman–Crippen LogP) is 6.10. The van der Waals surface area contributed by atoms with E-state index in [0.717, 1.165) is 11.1 Å². The van der Waals surface area contributed by atoms with Gasteiger partial charge in [-0.15, -0.1) is 0 Å². The van der Waals surface area contributed by atoms with Crippen molar-refractivity contribution in [3.8, 4) is 17.4 Å². The molecule has 1 fully saturated rings. The summed E-state index contributed by atoms with van der Waals surface area (Å²) < 4.78 is 21.0. The summed E-state index contributed by atoms with van der Waals surface area (Å²) in [5.74, 6) is 0.621. The average Bonchev–Trinajstić information content (AvgIpc) is 3.31. The minimum atomic E-state index is -1.16. The molecule has 0 radical (unpaired) electrons. The van der Waals surface area contributed by atoms with Crippen molar-refractivity contribution in [1.82, 2.24) is 19.2 Å². The molecule has 3 heterocycles. The average molecular weight is 637 g/mol. The third-order valence-corrected chi connectivity index (χ3v) is 8.34. The van der Waals surface area contributed by atoms with Crippen molar-refractivity contribution < 1.29 is 24.1 Å². The van der Waals surface area contributed by atoms with Gasteiger partial charge in [0.2, 0.25) is 11.8 Å². The van der Waals surface area contributed by atoms with E-state index in [9.17, 15) is 14.7 Å². The topological polar surface area (TPSA) is 108 Å². The first-order chi connectivity index (χ1) is 22.5. The van der Waals surface area contributed by atoms with E-state index in [0.29, 0.717) is 60.6 Å². The molecule has 0 aliphatic carbocycles. The number of piperidine rings is 1. The summed E-state index contributed by atoms with van der Waals surface area (Å²) in [7, 11) is 1.80. The molecule has 1 aliphatic heterocycles. The maximum absolute atomic E-state index is 13.9. The van der Waals surface area contributed by atoms with Gasteiger partial charge in [-0.1, -0.05) is 66.7 Å². The van der Waals surface area contributed by atoms with Gasteiger partial charge in [-0.05, 0) is 68.5 Å². The Morgan fingerprint density at radius 2 is 1.49 bits per heavy atom. The highest BCUT2D eigenvalue weighted by atomic mass is 16.6. The molecule has 0 atom stereocenters. The number of fused-ring (bicyclic) bond motifs is 1. The molecule has 0 spiro atoms. The number of amides is 1. The van der Waals surface area contributed by atoms with Crippen LogP contribution in [0.5, 0.6) is 11.8 Å². The van der Waals surface area contributed by atoms with E-state index in [4.69, 9.17) is 14.2 Å². The molecule has 10 nitrogen and oxygen atoms in total. The van der Waals surface area contributed by atoms with Gasteiger partial charge in [-0.2, -0.15) is 4.98 Å². The molecule has 1 aliphatic rings. The van der Waals surface area contributed by atoms with Crippen LogP contribution in [0.1, 0.15) is 50.3 Å². The molecule has 3 aromatic carbocycles. The molecular formula is C37H40N4O6. The normalized spacial score (nSPS) is 14.6. The summed E-state index contributed by atoms with van der Waals surface area (Å²) >= 11 is 0. The summed E-state index contributed by atoms with van der Waals surface area (Å²) in [6.07, 6.45) is 0.307. The SMILES string of the molecule is Cn1c2cc(C3(O)CCN(C(=O)OC(C)(C)C)CC3)ccc2c(=O)n1-c1ccc(OCc2ccccc2)nc1OCc1ccccc1. The highest BCUT2D eigenvalue weighted by Gasteiger charge is 2.37. The Balaban J connectivity index is 1.30. The fourth-order valence-corrected chi connectivity index (χ4v) is 5.79. The molecule has 2 aromatic heterocycles. The van der Waals surface area contributed by atoms with E-state index in [1.165, 1.54) is 4.68 Å². The zero-order chi connectivity index (χ0) is 33.2. The van der Waals surface area contributed by atoms with Crippen LogP contribution in [0.15, 0.2) is 95.8 Å². The molecule has 10 heteroatoms. The molecule has 1 N–H and O–H groups in total. The first kappa shape index (κ1) is 31.9. The smallest absolute Gasteiger partial charge is 0.410 e. The van der Waals surface area contributed by atoms with Gasteiger partial charge in [0.1, 0.15) is 24.5 Å². The van der Waals surface area contributed by atoms with Crippen molar-refractivity contribution in [2.24, 2.45) is 7.05 Å². The number of hydrogen-bond donors (Lipinski definition) is 1. The van der Waals surface area contributed by atoms with Crippen LogP contribution in [0.3, 0.4) is 0 Å². The summed E-state index contributed by atoms with van der Waals surface area (Å²) in [6.45, 7) is 6.80. The second kappa shape index (κ2) is 13.0. The number of likely N-dealkylation sites (tertiary alicyclic amines) is 1. The standard InChI is InChI=1S/C37H40N4O6/c1-36(2,3)47-35(43)40-21-19-37(44,20-22-40)28-15-16-29-31(23-28)39(4)41(34(29)42)30-17-18-32(45-24-26-11-7-5-8-12-26)38-33(30)46-25-27-13-9-6-10-14-27/h5-18,23,44H,19-22,24-25H2,1-4H3. The van der Waals surface area contributed by atoms with E-state index >= 15 is 0 Å². The van der Waals surface area contributed by atoms with E-state index < -0.39 is 11.2 Å². The number of nitrogens with zero attached hydrogens (tertiary/aromatic N) is 4. The summed E-state index contributed by atoms with van der Waals surface area (Å²) in [6, 6.07) is 28.4. The first-order valence-electron chi connectivity index (χ1n) is 15.8. The fourth-order valence-electron chi connectivity index (χ4n) is 5.79. The van der Waals surface area contributed by atoms with Gasteiger partial charge in [0, 0.05) is 26.2 Å². The monoisotopic (exact) mass is 636 g/mol. The van der Waals surface area contributed by atoms with Crippen molar-refractivity contribution in [3.63, 3.8) is 0 Å². The maximum atomic E-state index is 13.9. The Kier molecular flexibility index (Phi) is 8.79. The highest BCUT2D eigenvalue weighted by molar-refractivity contribution is 5.80. The van der Waals surface area contributed by atoms with Gasteiger partial charge in [-0.25, -0.2) is 9.48 Å². The maximum Gasteiger partial charge on any atom is 0.410 e. The van der Waals surface area contributed by atoms with Crippen LogP contribution in [-0.2, 0) is 30.6 Å². The number of pyridine rings is 1. The summed E-state index contributed by atoms with van der Waals surface area (Å²) in [4.78, 5) is 32.8. The largest absolute Gasteiger partial charge is 0.473 e. The lowest BCUT2D eigenvalue weighted by molar-refractivity contribution is -0.0355. The van der Waals surface area contributed by atoms with Gasteiger partial charge in [-0.3, -0.25) is 9.48 Å². The van der Waals surface area contributed by atoms with Crippen molar-refractivity contribution >= 4 is 17.0 Å². The summed E-state index contributed by atoms with van der Waals surface area (Å²) in [5, 5.41) is 12.2. The Hall–Kier alpha value is -5.09. The lowest BCUT2D eigenvalue weighted by Gasteiger charge is -2.39. The van der Waals surface area contributed by atoms with Crippen molar-refractivity contribution in [2.75, 3.05) is 13.1 Å². The Morgan fingerprint density at radius 1 is 0.872 bits per heavy atom. The quantitative estimate of drug-likeness (QED) is 0.219. The second-order valence-corrected chi connectivity index (χ2v) is 12.9. The van der Waals surface area contributed by atoms with Crippen LogP contribution >= 0.6 is 0 Å². The number of aryl methyl sites for hydroxylation is 1. The van der Waals surface area contributed by atoms with Gasteiger partial charge in [0.05, 0.1) is 16.5 Å². The van der Waals surface area contributed by atoms with Crippen LogP contribution in [-0.4, -0.2) is 49.1 Å². The Morgan fingerprint density at radius 3 is 2.11 bits per heavy atom. The number of hydrogen-bond acceptors (Lipinski definition) is 7. The fraction of sp³-hybridized carbons (Fsp3) is 0.324. The van der Waals surface area contributed by atoms with Crippen LogP contribution < -0.4 is 15.0 Å². The molecule has 5 aromatic rings. The van der Waals surface area contributed by atoms with E-state index in [1.54, 1.807) is 40.9 Å². The molecule has 1 saturated heterocycles. The number of carbonyl (C=O) groups excluding carboxylic acids is 1. The number of ether oxygens (including phenoxy) is 3. The molecule has 6 rings (SSSR count). The van der Waals surface area contributed by atoms with Gasteiger partial charge in [0.15, 0.2) is 0 Å². The minimum absolute atomic E-state index is 0.245. The number of rotatable bonds is 8. The van der Waals surface area contributed by atoms with Crippen LogP contribution in [0.25, 0.3) is 16.6 Å². The van der Waals surface area contributed by atoms with Crippen molar-refractivity contribution in [1.29, 1.82) is 0 Å². The number of aliphatic hydroxyl groups is 1. The Labute approximate surface area is 273 Å². The highest BCUT2D eigenvalue weighted by Crippen LogP contribution is 2.35. The van der Waals surface area contributed by atoms with E-state index in [1.807, 2.05) is 87.5 Å². The third-order valence-electron chi connectivity index (χ3n) is 8.34. The molecule has 47 heavy (non-hydrogen) atoms. The summed E-state index contributed by atoms with van der Waals surface area (Å²) in [5.41, 5.74) is 1.75. The molecular weight excluding hydrogens is 596 g/mol. The van der Waals surface area contributed by atoms with Gasteiger partial charge >= 0.3 is 6.09 Å². The van der Waals surface area contributed by atoms with Crippen molar-refractivity contribution in [3.05, 3.63) is 118 Å². The van der Waals surface area contributed by atoms with Crippen molar-refractivity contribution in [2.45, 2.75) is 58.0 Å². The molecule has 1 amide bonds. The first-order valence-corrected chi connectivity index (χ1v) is 15.8. The predicted molar refractivity (Wildman–Crippen MR) is 179 cm³/mol. The third kappa shape index (κ3) is 7.02. The number of benzene rings is 3. The molecule has 0 bridgehead atoms. The van der Waals surface area contributed by atoms with Gasteiger partial charge < -0.3 is 24.2 Å². The zero-order valence-electron chi connectivity index (χ0n) is 27.2. The second-order valence-electron chi connectivity index (χ2n) is 12.9. The minimum Gasteiger partial charge on any atom is -0.473 e. The number of aromatic nitrogens is 3. The van der Waals surface area contributed by atoms with Crippen LogP contribution in [0, 0.1) is 0 Å². The van der Waals surface area contributed by atoms with Gasteiger partial charge in [0.25, 0.3) is 5.56 Å². The molecule has 0 saturated carbocycles. The number of carbonyl (C=O) groups is 1. The van der Waals surface area contributed by atoms with E-state index in [2.05, 4.69) is 4.98 Å². The molecule has 0 unspecified atom stereocenters. The lowest BCUT2D eigenvalue weighted by Crippen LogP contribution is -2.46. The Bertz CT molecular complexity index is 1920. The lowest BCUT2D eigenvalue weighted by atomic mass is 9.84.